The minimum Gasteiger partial charge on any atom is -0.445 e. The fraction of sp³-hybridized carbons (Fsp3) is 0.500. The number of nitrogens with one attached hydrogen (secondary N) is 1. The van der Waals surface area contributed by atoms with Crippen LogP contribution in [-0.2, 0) is 11.3 Å². The van der Waals surface area contributed by atoms with Crippen LogP contribution in [0.5, 0.6) is 0 Å². The summed E-state index contributed by atoms with van der Waals surface area (Å²) in [6.45, 7) is 0.198. The molecule has 1 atom stereocenters. The van der Waals surface area contributed by atoms with Gasteiger partial charge in [0.2, 0.25) is 0 Å². The Labute approximate surface area is 113 Å². The normalized spacial score (nSPS) is 11.9. The summed E-state index contributed by atoms with van der Waals surface area (Å²) in [5.41, 5.74) is 0.915. The van der Waals surface area contributed by atoms with E-state index in [2.05, 4.69) is 5.32 Å². The van der Waals surface area contributed by atoms with Crippen LogP contribution in [0.4, 0.5) is 4.79 Å². The van der Waals surface area contributed by atoms with Gasteiger partial charge in [0, 0.05) is 6.61 Å². The molecule has 1 aromatic carbocycles. The van der Waals surface area contributed by atoms with Gasteiger partial charge in [-0.3, -0.25) is 0 Å². The van der Waals surface area contributed by atoms with Crippen molar-refractivity contribution in [2.24, 2.45) is 0 Å². The second kappa shape index (κ2) is 9.35. The van der Waals surface area contributed by atoms with E-state index >= 15 is 0 Å². The zero-order chi connectivity index (χ0) is 13.9. The highest BCUT2D eigenvalue weighted by Crippen LogP contribution is 2.03. The van der Waals surface area contributed by atoms with Crippen molar-refractivity contribution < 1.29 is 19.7 Å². The van der Waals surface area contributed by atoms with Crippen molar-refractivity contribution in [1.82, 2.24) is 5.32 Å². The van der Waals surface area contributed by atoms with Crippen molar-refractivity contribution >= 4 is 6.09 Å². The lowest BCUT2D eigenvalue weighted by Gasteiger charge is -2.15. The predicted octanol–water partition coefficient (Wildman–Crippen LogP) is 1.44. The highest BCUT2D eigenvalue weighted by Gasteiger charge is 2.11. The van der Waals surface area contributed by atoms with Gasteiger partial charge in [-0.2, -0.15) is 0 Å². The molecule has 0 saturated heterocycles. The summed E-state index contributed by atoms with van der Waals surface area (Å²) in [4.78, 5) is 11.5. The van der Waals surface area contributed by atoms with Crippen LogP contribution in [0.15, 0.2) is 30.3 Å². The standard InChI is InChI=1S/C14H21NO4/c16-9-5-4-8-13(10-17)15-14(18)19-11-12-6-2-1-3-7-12/h1-3,6-7,13,16-17H,4-5,8-11H2,(H,15,18)/t13-/m1/s1. The topological polar surface area (TPSA) is 78.8 Å². The number of amides is 1. The second-order valence-electron chi connectivity index (χ2n) is 4.30. The van der Waals surface area contributed by atoms with Gasteiger partial charge in [0.05, 0.1) is 12.6 Å². The minimum absolute atomic E-state index is 0.122. The molecule has 106 valence electrons. The van der Waals surface area contributed by atoms with E-state index < -0.39 is 6.09 Å². The van der Waals surface area contributed by atoms with Gasteiger partial charge in [-0.1, -0.05) is 30.3 Å². The number of aliphatic hydroxyl groups excluding tert-OH is 2. The first-order valence-electron chi connectivity index (χ1n) is 6.45. The molecule has 5 heteroatoms. The number of ether oxygens (including phenoxy) is 1. The summed E-state index contributed by atoms with van der Waals surface area (Å²) in [7, 11) is 0. The van der Waals surface area contributed by atoms with Crippen LogP contribution in [0.25, 0.3) is 0 Å². The molecule has 0 aliphatic carbocycles. The lowest BCUT2D eigenvalue weighted by Crippen LogP contribution is -2.37. The van der Waals surface area contributed by atoms with Crippen LogP contribution < -0.4 is 5.32 Å². The fourth-order valence-electron chi connectivity index (χ4n) is 1.64. The molecular weight excluding hydrogens is 246 g/mol. The molecule has 1 rings (SSSR count). The molecule has 19 heavy (non-hydrogen) atoms. The van der Waals surface area contributed by atoms with Crippen LogP contribution in [0.2, 0.25) is 0 Å². The first-order valence-corrected chi connectivity index (χ1v) is 6.45. The number of carbonyl (C=O) groups is 1. The molecule has 3 N–H and O–H groups in total. The Balaban J connectivity index is 2.25. The van der Waals surface area contributed by atoms with Gasteiger partial charge in [0.15, 0.2) is 0 Å². The number of benzene rings is 1. The molecule has 0 aliphatic heterocycles. The first kappa shape index (κ1) is 15.5. The Bertz CT molecular complexity index is 356. The average Bonchev–Trinajstić information content (AvgIpc) is 2.45. The number of carbonyl (C=O) groups excluding carboxylic acids is 1. The Morgan fingerprint density at radius 3 is 2.58 bits per heavy atom. The van der Waals surface area contributed by atoms with Gasteiger partial charge >= 0.3 is 6.09 Å². The summed E-state index contributed by atoms with van der Waals surface area (Å²) in [5.74, 6) is 0. The lowest BCUT2D eigenvalue weighted by molar-refractivity contribution is 0.127. The van der Waals surface area contributed by atoms with E-state index in [-0.39, 0.29) is 25.9 Å². The van der Waals surface area contributed by atoms with Gasteiger partial charge in [-0.25, -0.2) is 4.79 Å². The predicted molar refractivity (Wildman–Crippen MR) is 71.6 cm³/mol. The lowest BCUT2D eigenvalue weighted by atomic mass is 10.1. The monoisotopic (exact) mass is 267 g/mol. The maximum Gasteiger partial charge on any atom is 0.407 e. The zero-order valence-electron chi connectivity index (χ0n) is 10.9. The molecule has 0 saturated carbocycles. The summed E-state index contributed by atoms with van der Waals surface area (Å²) in [5, 5.41) is 20.4. The van der Waals surface area contributed by atoms with Crippen LogP contribution in [0.1, 0.15) is 24.8 Å². The second-order valence-corrected chi connectivity index (χ2v) is 4.30. The molecule has 0 radical (unpaired) electrons. The fourth-order valence-corrected chi connectivity index (χ4v) is 1.64. The Hall–Kier alpha value is -1.59. The summed E-state index contributed by atoms with van der Waals surface area (Å²) in [6, 6.07) is 9.07. The maximum atomic E-state index is 11.5. The molecule has 5 nitrogen and oxygen atoms in total. The molecule has 0 heterocycles. The van der Waals surface area contributed by atoms with Crippen LogP contribution >= 0.6 is 0 Å². The van der Waals surface area contributed by atoms with Gasteiger partial charge in [-0.05, 0) is 24.8 Å². The highest BCUT2D eigenvalue weighted by molar-refractivity contribution is 5.67. The Kier molecular flexibility index (Phi) is 7.62. The third-order valence-corrected chi connectivity index (χ3v) is 2.72. The largest absolute Gasteiger partial charge is 0.445 e. The van der Waals surface area contributed by atoms with E-state index in [0.717, 1.165) is 12.0 Å². The quantitative estimate of drug-likeness (QED) is 0.623. The van der Waals surface area contributed by atoms with Gasteiger partial charge in [-0.15, -0.1) is 0 Å². The number of alkyl carbamates (subject to hydrolysis) is 1. The van der Waals surface area contributed by atoms with E-state index in [1.54, 1.807) is 0 Å². The van der Waals surface area contributed by atoms with Crippen molar-refractivity contribution in [1.29, 1.82) is 0 Å². The van der Waals surface area contributed by atoms with Gasteiger partial charge in [0.1, 0.15) is 6.61 Å². The van der Waals surface area contributed by atoms with Crippen molar-refractivity contribution in [2.75, 3.05) is 13.2 Å². The number of unbranched alkanes of at least 4 members (excludes halogenated alkanes) is 1. The Morgan fingerprint density at radius 2 is 1.95 bits per heavy atom. The highest BCUT2D eigenvalue weighted by atomic mass is 16.5. The molecule has 0 spiro atoms. The zero-order valence-corrected chi connectivity index (χ0v) is 10.9. The summed E-state index contributed by atoms with van der Waals surface area (Å²) < 4.78 is 5.06. The van der Waals surface area contributed by atoms with E-state index in [0.29, 0.717) is 12.8 Å². The minimum atomic E-state index is -0.535. The molecule has 1 amide bonds. The summed E-state index contributed by atoms with van der Waals surface area (Å²) in [6.07, 6.45) is 1.50. The Morgan fingerprint density at radius 1 is 1.21 bits per heavy atom. The third kappa shape index (κ3) is 6.79. The van der Waals surface area contributed by atoms with E-state index in [9.17, 15) is 4.79 Å². The first-order chi connectivity index (χ1) is 9.26. The van der Waals surface area contributed by atoms with E-state index in [1.165, 1.54) is 0 Å². The maximum absolute atomic E-state index is 11.5. The van der Waals surface area contributed by atoms with Crippen molar-refractivity contribution in [3.05, 3.63) is 35.9 Å². The smallest absolute Gasteiger partial charge is 0.407 e. The van der Waals surface area contributed by atoms with Crippen LogP contribution in [0.3, 0.4) is 0 Å². The molecule has 1 aromatic rings. The molecular formula is C14H21NO4. The number of hydrogen-bond acceptors (Lipinski definition) is 4. The summed E-state index contributed by atoms with van der Waals surface area (Å²) >= 11 is 0. The van der Waals surface area contributed by atoms with Crippen molar-refractivity contribution in [3.63, 3.8) is 0 Å². The van der Waals surface area contributed by atoms with Crippen LogP contribution in [0, 0.1) is 0 Å². The van der Waals surface area contributed by atoms with Crippen LogP contribution in [-0.4, -0.2) is 35.6 Å². The van der Waals surface area contributed by atoms with E-state index in [4.69, 9.17) is 14.9 Å². The number of rotatable bonds is 8. The number of hydrogen-bond donors (Lipinski definition) is 3. The van der Waals surface area contributed by atoms with E-state index in [1.807, 2.05) is 30.3 Å². The molecule has 0 aromatic heterocycles. The van der Waals surface area contributed by atoms with Crippen molar-refractivity contribution in [3.8, 4) is 0 Å². The van der Waals surface area contributed by atoms with Gasteiger partial charge < -0.3 is 20.3 Å². The molecule has 0 aliphatic rings. The van der Waals surface area contributed by atoms with Gasteiger partial charge in [0.25, 0.3) is 0 Å². The van der Waals surface area contributed by atoms with Crippen molar-refractivity contribution in [2.45, 2.75) is 31.9 Å². The molecule has 0 fully saturated rings. The number of aliphatic hydroxyl groups is 2. The molecule has 0 unspecified atom stereocenters. The average molecular weight is 267 g/mol. The third-order valence-electron chi connectivity index (χ3n) is 2.72. The SMILES string of the molecule is O=C(N[C@@H](CO)CCCCO)OCc1ccccc1. The molecule has 0 bridgehead atoms.